The van der Waals surface area contributed by atoms with Crippen molar-refractivity contribution in [1.29, 1.82) is 0 Å². The molecule has 1 fully saturated rings. The molecule has 1 aliphatic carbocycles. The summed E-state index contributed by atoms with van der Waals surface area (Å²) in [5, 5.41) is 57.2. The molecule has 100 heavy (non-hydrogen) atoms. The molecular formula is C54H40N7Na7O25S7. The number of rotatable bonds is 14. The Morgan fingerprint density at radius 2 is 0.870 bits per heavy atom. The summed E-state index contributed by atoms with van der Waals surface area (Å²) in [5.41, 5.74) is -1.13. The topological polar surface area (TPSA) is 564 Å². The summed E-state index contributed by atoms with van der Waals surface area (Å²) in [5.74, 6) is -2.74. The standard InChI is InChI=1S/C20H14N2O10S3.C18H21N3O8S2.C16H12N2O7S2.7Na/c23-20-18(35(30,31)32)10-11-9-12(33(24,25)26)5-6-13(11)19(20)22-21-16-7-8-17(34(27,28)29)15-4-2-1-3-14(15)16;1-10(22)19-14-9-13(30(24,25)26)7-11-8-15(31(27,28)29)17(18(23)16(11)14)21-20-12-5-3-2-4-6-12;19-15-8-1-10-9-13(27(23,24)25)6-7-14(10)16(15)18-17-11-2-4-12(5-3-11)26(20,21)22;;;;;;;/h1-10,23H,(H,24,25,26)(H,27,28,29)(H,30,31,32);7-9,12,23H,2-6H2,1H3,(H,19,22)(H,24,25,26)(H,27,28,29);1-9,19H,(H,20,21,22)(H,23,24,25);;;;;;;/q;;;7*+1/p-7. The molecule has 0 bridgehead atoms. The van der Waals surface area contributed by atoms with Crippen molar-refractivity contribution >= 4 is 154 Å². The van der Waals surface area contributed by atoms with E-state index in [4.69, 9.17) is 0 Å². The molecular weight excluding hydrogens is 1530 g/mol. The molecule has 1 saturated carbocycles. The van der Waals surface area contributed by atoms with E-state index in [1.165, 1.54) is 54.6 Å². The fourth-order valence-corrected chi connectivity index (χ4v) is 13.2. The quantitative estimate of drug-likeness (QED) is 0.0446. The van der Waals surface area contributed by atoms with Crippen LogP contribution < -0.4 is 212 Å². The van der Waals surface area contributed by atoms with Gasteiger partial charge in [-0.1, -0.05) is 61.7 Å². The molecule has 0 spiro atoms. The molecule has 4 N–H and O–H groups in total. The molecule has 9 aromatic rings. The molecule has 0 aliphatic heterocycles. The molecule has 490 valence electrons. The van der Waals surface area contributed by atoms with Gasteiger partial charge in [-0.25, -0.2) is 58.9 Å². The van der Waals surface area contributed by atoms with Crippen molar-refractivity contribution in [2.75, 3.05) is 5.32 Å². The van der Waals surface area contributed by atoms with E-state index in [9.17, 15) is 111 Å². The molecule has 1 aliphatic rings. The zero-order valence-electron chi connectivity index (χ0n) is 53.7. The van der Waals surface area contributed by atoms with Crippen LogP contribution >= 0.6 is 0 Å². The first kappa shape index (κ1) is 96.1. The predicted octanol–water partition coefficient (Wildman–Crippen LogP) is -12.6. The number of phenolic OH excluding ortho intramolecular Hbond substituents is 3. The van der Waals surface area contributed by atoms with Crippen LogP contribution in [0.3, 0.4) is 0 Å². The predicted molar refractivity (Wildman–Crippen MR) is 317 cm³/mol. The summed E-state index contributed by atoms with van der Waals surface area (Å²) in [4.78, 5) is 6.67. The Morgan fingerprint density at radius 3 is 1.38 bits per heavy atom. The molecule has 9 aromatic carbocycles. The maximum absolute atomic E-state index is 11.8. The molecule has 0 saturated heterocycles. The number of aromatic hydroxyl groups is 3. The number of phenols is 3. The first-order valence-electron chi connectivity index (χ1n) is 25.9. The maximum atomic E-state index is 11.8. The second-order valence-corrected chi connectivity index (χ2v) is 29.4. The smallest absolute Gasteiger partial charge is 0.744 e. The molecule has 0 heterocycles. The molecule has 32 nitrogen and oxygen atoms in total. The Labute approximate surface area is 726 Å². The van der Waals surface area contributed by atoms with Crippen LogP contribution in [0.1, 0.15) is 39.0 Å². The third-order valence-corrected chi connectivity index (χ3v) is 19.4. The Balaban J connectivity index is 0.000000730. The number of azo groups is 3. The fraction of sp³-hybridized carbons (Fsp3) is 0.130. The number of benzene rings is 9. The van der Waals surface area contributed by atoms with Gasteiger partial charge in [-0.2, -0.15) is 15.3 Å². The molecule has 0 radical (unpaired) electrons. The van der Waals surface area contributed by atoms with Crippen molar-refractivity contribution in [2.45, 2.75) is 79.3 Å². The number of anilines is 1. The molecule has 0 atom stereocenters. The van der Waals surface area contributed by atoms with Gasteiger partial charge >= 0.3 is 207 Å². The van der Waals surface area contributed by atoms with Gasteiger partial charge in [0.25, 0.3) is 0 Å². The third kappa shape index (κ3) is 24.5. The monoisotopic (exact) mass is 1570 g/mol. The second kappa shape index (κ2) is 38.7. The van der Waals surface area contributed by atoms with Gasteiger partial charge in [0, 0.05) is 33.9 Å². The van der Waals surface area contributed by atoms with Crippen LogP contribution in [0.25, 0.3) is 43.1 Å². The Morgan fingerprint density at radius 1 is 0.400 bits per heavy atom. The van der Waals surface area contributed by atoms with Crippen LogP contribution in [0.15, 0.2) is 198 Å². The SMILES string of the molecule is CC(=O)Nc1cc(S(=O)(=O)[O-])cc2cc(S(=O)(=O)[O-])c(N=NC3CCCCC3)c(O)c12.O=S(=O)([O-])c1ccc(N=Nc2c(O)ccc3cc(S(=O)(=O)[O-])ccc23)cc1.O=S(=O)([O-])c1ccc2c(N=Nc3ccc(S(=O)(=O)[O-])c4ccccc34)c(O)c(S(=O)(=O)[O-])cc2c1.[Na+].[Na+].[Na+].[Na+].[Na+].[Na+].[Na+]. The normalized spacial score (nSPS) is 13.0. The van der Waals surface area contributed by atoms with Crippen LogP contribution in [-0.4, -0.2) is 118 Å². The first-order chi connectivity index (χ1) is 43.1. The van der Waals surface area contributed by atoms with Crippen LogP contribution in [-0.2, 0) is 75.6 Å². The molecule has 0 unspecified atom stereocenters. The van der Waals surface area contributed by atoms with E-state index in [-0.39, 0.29) is 274 Å². The maximum Gasteiger partial charge on any atom is 1.00 e. The average Bonchev–Trinajstić information content (AvgIpc) is 0.746. The number of carbonyl (C=O) groups excluding carboxylic acids is 1. The Kier molecular flexibility index (Phi) is 37.2. The van der Waals surface area contributed by atoms with Gasteiger partial charge in [0.05, 0.1) is 57.4 Å². The number of fused-ring (bicyclic) bond motifs is 4. The summed E-state index contributed by atoms with van der Waals surface area (Å²) in [6.07, 6.45) is 4.31. The molecule has 1 amide bonds. The summed E-state index contributed by atoms with van der Waals surface area (Å²) in [6.45, 7) is 1.11. The first-order valence-corrected chi connectivity index (χ1v) is 35.7. The molecule has 0 aromatic heterocycles. The summed E-state index contributed by atoms with van der Waals surface area (Å²) in [6, 6.07) is 24.6. The van der Waals surface area contributed by atoms with Crippen molar-refractivity contribution in [3.05, 3.63) is 133 Å². The number of amides is 1. The van der Waals surface area contributed by atoms with Gasteiger partial charge in [-0.15, -0.1) is 15.3 Å². The van der Waals surface area contributed by atoms with E-state index in [1.54, 1.807) is 0 Å². The number of hydrogen-bond acceptors (Lipinski definition) is 31. The zero-order valence-corrected chi connectivity index (χ0v) is 73.4. The molecule has 10 rings (SSSR count). The van der Waals surface area contributed by atoms with Crippen molar-refractivity contribution in [2.24, 2.45) is 30.7 Å². The summed E-state index contributed by atoms with van der Waals surface area (Å²) < 4.78 is 240. The molecule has 46 heteroatoms. The van der Waals surface area contributed by atoms with Crippen LogP contribution in [0.4, 0.5) is 34.1 Å². The summed E-state index contributed by atoms with van der Waals surface area (Å²) in [7, 11) is -34.4. The van der Waals surface area contributed by atoms with E-state index in [2.05, 4.69) is 36.0 Å². The van der Waals surface area contributed by atoms with E-state index in [1.807, 2.05) is 0 Å². The van der Waals surface area contributed by atoms with Crippen LogP contribution in [0.2, 0.25) is 0 Å². The minimum Gasteiger partial charge on any atom is -0.744 e. The van der Waals surface area contributed by atoms with Crippen LogP contribution in [0.5, 0.6) is 17.2 Å². The minimum atomic E-state index is -5.27. The van der Waals surface area contributed by atoms with Crippen molar-refractivity contribution in [1.82, 2.24) is 0 Å². The van der Waals surface area contributed by atoms with E-state index in [0.717, 1.165) is 112 Å². The third-order valence-electron chi connectivity index (χ3n) is 13.5. The van der Waals surface area contributed by atoms with Gasteiger partial charge in [0.1, 0.15) is 93.6 Å². The van der Waals surface area contributed by atoms with Crippen LogP contribution in [0, 0.1) is 0 Å². The fourth-order valence-electron chi connectivity index (χ4n) is 9.28. The number of nitrogens with one attached hydrogen (secondary N) is 1. The van der Waals surface area contributed by atoms with Gasteiger partial charge in [-0.3, -0.25) is 4.79 Å². The Hall–Kier alpha value is -1.94. The second-order valence-electron chi connectivity index (χ2n) is 19.8. The van der Waals surface area contributed by atoms with Gasteiger partial charge < -0.3 is 52.5 Å². The average molecular weight is 1570 g/mol. The van der Waals surface area contributed by atoms with E-state index < -0.39 is 134 Å². The van der Waals surface area contributed by atoms with Gasteiger partial charge in [-0.05, 0) is 120 Å². The van der Waals surface area contributed by atoms with Gasteiger partial charge in [0.15, 0.2) is 11.5 Å². The number of carbonyl (C=O) groups is 1. The van der Waals surface area contributed by atoms with Gasteiger partial charge in [0.2, 0.25) is 5.91 Å². The van der Waals surface area contributed by atoms with Crippen molar-refractivity contribution in [3.63, 3.8) is 0 Å². The Bertz CT molecular complexity index is 5540. The van der Waals surface area contributed by atoms with Crippen molar-refractivity contribution < 1.29 is 318 Å². The van der Waals surface area contributed by atoms with E-state index in [0.29, 0.717) is 16.8 Å². The van der Waals surface area contributed by atoms with Crippen molar-refractivity contribution in [3.8, 4) is 17.2 Å². The van der Waals surface area contributed by atoms with E-state index >= 15 is 0 Å². The minimum absolute atomic E-state index is 0. The number of nitrogens with zero attached hydrogens (tertiary/aromatic N) is 6. The zero-order chi connectivity index (χ0) is 68.6. The summed E-state index contributed by atoms with van der Waals surface area (Å²) >= 11 is 0. The largest absolute Gasteiger partial charge is 1.00 e. The number of hydrogen-bond donors (Lipinski definition) is 4.